The third kappa shape index (κ3) is 2.66. The Hall–Kier alpha value is -1.71. The van der Waals surface area contributed by atoms with Crippen LogP contribution in [0, 0.1) is 12.8 Å². The van der Waals surface area contributed by atoms with E-state index in [1.165, 1.54) is 0 Å². The topological polar surface area (TPSA) is 54.9 Å². The Kier molecular flexibility index (Phi) is 3.29. The molecule has 4 nitrogen and oxygen atoms in total. The highest BCUT2D eigenvalue weighted by atomic mass is 16.1. The number of hydrogen-bond acceptors (Lipinski definition) is 3. The highest BCUT2D eigenvalue weighted by molar-refractivity contribution is 5.91. The average Bonchev–Trinajstić information content (AvgIpc) is 2.33. The molecule has 0 aromatic carbocycles. The molecule has 4 heteroatoms. The lowest BCUT2D eigenvalue weighted by Gasteiger charge is -2.16. The minimum Gasteiger partial charge on any atom is -0.309 e. The maximum Gasteiger partial charge on any atom is 0.229 e. The van der Waals surface area contributed by atoms with E-state index in [0.717, 1.165) is 25.0 Å². The molecule has 1 aromatic rings. The maximum absolute atomic E-state index is 11.8. The lowest BCUT2D eigenvalue weighted by Crippen LogP contribution is -2.24. The lowest BCUT2D eigenvalue weighted by atomic mass is 9.94. The summed E-state index contributed by atoms with van der Waals surface area (Å²) in [6, 6.07) is 3.61. The van der Waals surface area contributed by atoms with Gasteiger partial charge in [0.05, 0.1) is 5.69 Å². The molecule has 0 aliphatic heterocycles. The minimum atomic E-state index is 0.0440. The van der Waals surface area contributed by atoms with Gasteiger partial charge in [-0.25, -0.2) is 0 Å². The monoisotopic (exact) mass is 217 g/mol. The maximum atomic E-state index is 11.8. The van der Waals surface area contributed by atoms with Crippen molar-refractivity contribution in [1.29, 1.82) is 0 Å². The largest absolute Gasteiger partial charge is 0.309 e. The van der Waals surface area contributed by atoms with Gasteiger partial charge in [0.1, 0.15) is 0 Å². The molecule has 0 fully saturated rings. The summed E-state index contributed by atoms with van der Waals surface area (Å²) in [7, 11) is 0. The Morgan fingerprint density at radius 3 is 2.88 bits per heavy atom. The van der Waals surface area contributed by atoms with E-state index < -0.39 is 0 Å². The number of amides is 1. The van der Waals surface area contributed by atoms with Crippen LogP contribution in [0.15, 0.2) is 24.3 Å². The fourth-order valence-electron chi connectivity index (χ4n) is 1.73. The van der Waals surface area contributed by atoms with E-state index in [4.69, 9.17) is 0 Å². The summed E-state index contributed by atoms with van der Waals surface area (Å²) in [5.74, 6) is 0.653. The molecule has 1 N–H and O–H groups in total. The van der Waals surface area contributed by atoms with Gasteiger partial charge in [0.25, 0.3) is 0 Å². The van der Waals surface area contributed by atoms with Crippen molar-refractivity contribution in [3.63, 3.8) is 0 Å². The zero-order chi connectivity index (χ0) is 11.4. The van der Waals surface area contributed by atoms with E-state index in [1.54, 1.807) is 6.07 Å². The summed E-state index contributed by atoms with van der Waals surface area (Å²) in [6.07, 6.45) is 6.91. The quantitative estimate of drug-likeness (QED) is 0.772. The Morgan fingerprint density at radius 2 is 2.25 bits per heavy atom. The Balaban J connectivity index is 1.96. The molecule has 0 spiro atoms. The molecular formula is C12H15N3O. The molecule has 0 bridgehead atoms. The van der Waals surface area contributed by atoms with Gasteiger partial charge in [-0.2, -0.15) is 5.10 Å². The average molecular weight is 217 g/mol. The molecule has 1 heterocycles. The number of carbonyl (C=O) groups excluding carboxylic acids is 1. The van der Waals surface area contributed by atoms with Crippen LogP contribution in [-0.2, 0) is 4.79 Å². The zero-order valence-corrected chi connectivity index (χ0v) is 9.31. The van der Waals surface area contributed by atoms with E-state index in [1.807, 2.05) is 13.0 Å². The molecule has 84 valence electrons. The number of nitrogens with zero attached hydrogens (tertiary/aromatic N) is 2. The van der Waals surface area contributed by atoms with E-state index >= 15 is 0 Å². The van der Waals surface area contributed by atoms with Crippen LogP contribution >= 0.6 is 0 Å². The van der Waals surface area contributed by atoms with Crippen LogP contribution in [-0.4, -0.2) is 16.1 Å². The summed E-state index contributed by atoms with van der Waals surface area (Å²) in [4.78, 5) is 11.8. The number of nitrogens with one attached hydrogen (secondary N) is 1. The molecule has 1 aliphatic carbocycles. The smallest absolute Gasteiger partial charge is 0.229 e. The van der Waals surface area contributed by atoms with E-state index in [9.17, 15) is 4.79 Å². The highest BCUT2D eigenvalue weighted by Crippen LogP contribution is 2.19. The molecule has 1 amide bonds. The Morgan fingerprint density at radius 1 is 1.38 bits per heavy atom. The Bertz CT molecular complexity index is 397. The van der Waals surface area contributed by atoms with Crippen molar-refractivity contribution in [3.05, 3.63) is 30.0 Å². The zero-order valence-electron chi connectivity index (χ0n) is 9.31. The first-order valence-electron chi connectivity index (χ1n) is 5.52. The van der Waals surface area contributed by atoms with Crippen molar-refractivity contribution in [3.8, 4) is 0 Å². The first-order chi connectivity index (χ1) is 7.75. The molecule has 1 aromatic heterocycles. The van der Waals surface area contributed by atoms with Crippen LogP contribution in [0.2, 0.25) is 0 Å². The van der Waals surface area contributed by atoms with Gasteiger partial charge in [-0.15, -0.1) is 5.10 Å². The predicted molar refractivity (Wildman–Crippen MR) is 61.9 cm³/mol. The molecular weight excluding hydrogens is 202 g/mol. The summed E-state index contributed by atoms with van der Waals surface area (Å²) in [6.45, 7) is 1.87. The standard InChI is InChI=1S/C12H15N3O/c1-9-7-8-11(15-14-9)13-12(16)10-5-3-2-4-6-10/h2-3,7-8,10H,4-6H2,1H3,(H,13,15,16). The van der Waals surface area contributed by atoms with Crippen LogP contribution in [0.3, 0.4) is 0 Å². The second-order valence-corrected chi connectivity index (χ2v) is 4.03. The van der Waals surface area contributed by atoms with E-state index in [2.05, 4.69) is 27.7 Å². The van der Waals surface area contributed by atoms with Gasteiger partial charge in [-0.05, 0) is 38.3 Å². The van der Waals surface area contributed by atoms with Crippen molar-refractivity contribution in [2.45, 2.75) is 26.2 Å². The molecule has 1 aliphatic rings. The van der Waals surface area contributed by atoms with Crippen molar-refractivity contribution < 1.29 is 4.79 Å². The molecule has 0 saturated heterocycles. The number of aryl methyl sites for hydroxylation is 1. The summed E-state index contributed by atoms with van der Waals surface area (Å²) < 4.78 is 0. The number of anilines is 1. The van der Waals surface area contributed by atoms with Gasteiger partial charge in [0, 0.05) is 5.92 Å². The van der Waals surface area contributed by atoms with Gasteiger partial charge >= 0.3 is 0 Å². The molecule has 0 radical (unpaired) electrons. The first kappa shape index (κ1) is 10.8. The number of allylic oxidation sites excluding steroid dienone is 2. The van der Waals surface area contributed by atoms with Crippen LogP contribution in [0.4, 0.5) is 5.82 Å². The molecule has 16 heavy (non-hydrogen) atoms. The summed E-state index contributed by atoms with van der Waals surface area (Å²) >= 11 is 0. The summed E-state index contributed by atoms with van der Waals surface area (Å²) in [5.41, 5.74) is 0.846. The first-order valence-corrected chi connectivity index (χ1v) is 5.52. The molecule has 2 rings (SSSR count). The summed E-state index contributed by atoms with van der Waals surface area (Å²) in [5, 5.41) is 10.6. The fourth-order valence-corrected chi connectivity index (χ4v) is 1.73. The third-order valence-electron chi connectivity index (χ3n) is 2.69. The second kappa shape index (κ2) is 4.88. The van der Waals surface area contributed by atoms with Crippen LogP contribution in [0.1, 0.15) is 25.0 Å². The Labute approximate surface area is 94.8 Å². The second-order valence-electron chi connectivity index (χ2n) is 4.03. The van der Waals surface area contributed by atoms with Crippen LogP contribution < -0.4 is 5.32 Å². The molecule has 1 unspecified atom stereocenters. The number of rotatable bonds is 2. The minimum absolute atomic E-state index is 0.0440. The fraction of sp³-hybridized carbons (Fsp3) is 0.417. The van der Waals surface area contributed by atoms with E-state index in [-0.39, 0.29) is 11.8 Å². The SMILES string of the molecule is Cc1ccc(NC(=O)C2CC=CCC2)nn1. The van der Waals surface area contributed by atoms with Crippen molar-refractivity contribution >= 4 is 11.7 Å². The highest BCUT2D eigenvalue weighted by Gasteiger charge is 2.18. The van der Waals surface area contributed by atoms with Gasteiger partial charge < -0.3 is 5.32 Å². The molecule has 0 saturated carbocycles. The van der Waals surface area contributed by atoms with Crippen LogP contribution in [0.25, 0.3) is 0 Å². The van der Waals surface area contributed by atoms with Crippen molar-refractivity contribution in [2.24, 2.45) is 5.92 Å². The molecule has 1 atom stereocenters. The van der Waals surface area contributed by atoms with Gasteiger partial charge in [0.15, 0.2) is 5.82 Å². The van der Waals surface area contributed by atoms with Crippen LogP contribution in [0.5, 0.6) is 0 Å². The van der Waals surface area contributed by atoms with Gasteiger partial charge in [0.2, 0.25) is 5.91 Å². The predicted octanol–water partition coefficient (Wildman–Crippen LogP) is 2.08. The van der Waals surface area contributed by atoms with Crippen molar-refractivity contribution in [2.75, 3.05) is 5.32 Å². The van der Waals surface area contributed by atoms with Gasteiger partial charge in [-0.3, -0.25) is 4.79 Å². The normalized spacial score (nSPS) is 19.4. The number of aromatic nitrogens is 2. The van der Waals surface area contributed by atoms with Crippen molar-refractivity contribution in [1.82, 2.24) is 10.2 Å². The number of carbonyl (C=O) groups is 1. The number of hydrogen-bond donors (Lipinski definition) is 1. The lowest BCUT2D eigenvalue weighted by molar-refractivity contribution is -0.120. The third-order valence-corrected chi connectivity index (χ3v) is 2.69. The van der Waals surface area contributed by atoms with Gasteiger partial charge in [-0.1, -0.05) is 12.2 Å². The van der Waals surface area contributed by atoms with E-state index in [0.29, 0.717) is 5.82 Å².